The van der Waals surface area contributed by atoms with Crippen molar-refractivity contribution in [2.24, 2.45) is 18.7 Å². The van der Waals surface area contributed by atoms with E-state index >= 15 is 0 Å². The van der Waals surface area contributed by atoms with Gasteiger partial charge in [0.2, 0.25) is 0 Å². The van der Waals surface area contributed by atoms with Crippen molar-refractivity contribution in [3.05, 3.63) is 16.4 Å². The van der Waals surface area contributed by atoms with Crippen molar-refractivity contribution in [1.82, 2.24) is 9.78 Å². The molecule has 0 aliphatic heterocycles. The van der Waals surface area contributed by atoms with Crippen molar-refractivity contribution in [1.29, 1.82) is 0 Å². The van der Waals surface area contributed by atoms with Crippen LogP contribution in [0.15, 0.2) is 0 Å². The fourth-order valence-corrected chi connectivity index (χ4v) is 2.95. The summed E-state index contributed by atoms with van der Waals surface area (Å²) in [7, 11) is 1.95. The molecule has 1 aromatic rings. The van der Waals surface area contributed by atoms with Gasteiger partial charge >= 0.3 is 0 Å². The Morgan fingerprint density at radius 2 is 2.06 bits per heavy atom. The summed E-state index contributed by atoms with van der Waals surface area (Å²) in [6.07, 6.45) is 5.48. The zero-order valence-corrected chi connectivity index (χ0v) is 11.7. The lowest BCUT2D eigenvalue weighted by atomic mass is 9.75. The highest BCUT2D eigenvalue weighted by Gasteiger charge is 2.32. The average molecular weight is 256 g/mol. The zero-order chi connectivity index (χ0) is 12.6. The van der Waals surface area contributed by atoms with Crippen LogP contribution in [0.2, 0.25) is 5.02 Å². The van der Waals surface area contributed by atoms with Gasteiger partial charge in [0.05, 0.1) is 16.4 Å². The monoisotopic (exact) mass is 255 g/mol. The van der Waals surface area contributed by atoms with Crippen LogP contribution in [0, 0.1) is 12.8 Å². The predicted octanol–water partition coefficient (Wildman–Crippen LogP) is 2.83. The van der Waals surface area contributed by atoms with E-state index in [-0.39, 0.29) is 5.54 Å². The standard InChI is InChI=1S/C13H22ClN3/c1-9-4-6-13(15,7-5-9)8-11-12(14)10(2)16-17(11)3/h9H,4-8,15H2,1-3H3. The number of nitrogens with two attached hydrogens (primary N) is 1. The first-order valence-electron chi connectivity index (χ1n) is 6.38. The first-order valence-corrected chi connectivity index (χ1v) is 6.76. The minimum absolute atomic E-state index is 0.0869. The minimum Gasteiger partial charge on any atom is -0.325 e. The van der Waals surface area contributed by atoms with E-state index < -0.39 is 0 Å². The van der Waals surface area contributed by atoms with Crippen molar-refractivity contribution in [2.45, 2.75) is 51.5 Å². The van der Waals surface area contributed by atoms with Crippen LogP contribution in [0.5, 0.6) is 0 Å². The van der Waals surface area contributed by atoms with Gasteiger partial charge in [-0.3, -0.25) is 4.68 Å². The number of halogens is 1. The minimum atomic E-state index is -0.0869. The number of aromatic nitrogens is 2. The Labute approximate surface area is 108 Å². The molecule has 1 fully saturated rings. The van der Waals surface area contributed by atoms with Crippen molar-refractivity contribution >= 4 is 11.6 Å². The predicted molar refractivity (Wildman–Crippen MR) is 71.2 cm³/mol. The van der Waals surface area contributed by atoms with E-state index in [0.717, 1.165) is 41.6 Å². The summed E-state index contributed by atoms with van der Waals surface area (Å²) >= 11 is 6.29. The second-order valence-electron chi connectivity index (χ2n) is 5.69. The summed E-state index contributed by atoms with van der Waals surface area (Å²) in [5.41, 5.74) is 8.40. The molecule has 0 bridgehead atoms. The van der Waals surface area contributed by atoms with Gasteiger partial charge in [0.15, 0.2) is 0 Å². The second kappa shape index (κ2) is 4.62. The molecule has 1 aliphatic rings. The molecule has 1 heterocycles. The molecule has 1 saturated carbocycles. The molecule has 0 atom stereocenters. The van der Waals surface area contributed by atoms with Gasteiger partial charge in [0, 0.05) is 19.0 Å². The van der Waals surface area contributed by atoms with Crippen LogP contribution in [-0.4, -0.2) is 15.3 Å². The van der Waals surface area contributed by atoms with Crippen molar-refractivity contribution in [3.8, 4) is 0 Å². The third-order valence-electron chi connectivity index (χ3n) is 4.05. The summed E-state index contributed by atoms with van der Waals surface area (Å²) in [6.45, 7) is 4.25. The molecule has 17 heavy (non-hydrogen) atoms. The molecule has 0 spiro atoms. The quantitative estimate of drug-likeness (QED) is 0.883. The average Bonchev–Trinajstić information content (AvgIpc) is 2.50. The van der Waals surface area contributed by atoms with E-state index in [1.165, 1.54) is 12.8 Å². The van der Waals surface area contributed by atoms with E-state index in [1.807, 2.05) is 18.7 Å². The number of rotatable bonds is 2. The van der Waals surface area contributed by atoms with Crippen molar-refractivity contribution in [2.75, 3.05) is 0 Å². The highest BCUT2D eigenvalue weighted by molar-refractivity contribution is 6.31. The molecule has 96 valence electrons. The van der Waals surface area contributed by atoms with E-state index in [2.05, 4.69) is 12.0 Å². The van der Waals surface area contributed by atoms with Crippen LogP contribution in [-0.2, 0) is 13.5 Å². The molecule has 0 saturated heterocycles. The molecule has 0 unspecified atom stereocenters. The number of hydrogen-bond acceptors (Lipinski definition) is 2. The number of aryl methyl sites for hydroxylation is 2. The van der Waals surface area contributed by atoms with E-state index in [1.54, 1.807) is 0 Å². The van der Waals surface area contributed by atoms with Gasteiger partial charge in [0.25, 0.3) is 0 Å². The first kappa shape index (κ1) is 12.9. The van der Waals surface area contributed by atoms with E-state index in [9.17, 15) is 0 Å². The van der Waals surface area contributed by atoms with Crippen LogP contribution in [0.25, 0.3) is 0 Å². The molecular weight excluding hydrogens is 234 g/mol. The Hall–Kier alpha value is -0.540. The molecule has 1 aromatic heterocycles. The van der Waals surface area contributed by atoms with Gasteiger partial charge in [-0.1, -0.05) is 18.5 Å². The Balaban J connectivity index is 2.15. The Morgan fingerprint density at radius 3 is 2.53 bits per heavy atom. The molecule has 4 heteroatoms. The Bertz CT molecular complexity index is 403. The summed E-state index contributed by atoms with van der Waals surface area (Å²) in [5.74, 6) is 0.815. The lowest BCUT2D eigenvalue weighted by Gasteiger charge is -2.36. The topological polar surface area (TPSA) is 43.8 Å². The van der Waals surface area contributed by atoms with Crippen LogP contribution in [0.1, 0.15) is 44.0 Å². The third kappa shape index (κ3) is 2.66. The summed E-state index contributed by atoms with van der Waals surface area (Å²) < 4.78 is 1.88. The van der Waals surface area contributed by atoms with Crippen molar-refractivity contribution in [3.63, 3.8) is 0 Å². The van der Waals surface area contributed by atoms with Gasteiger partial charge in [-0.15, -0.1) is 0 Å². The molecule has 0 radical (unpaired) electrons. The van der Waals surface area contributed by atoms with Gasteiger partial charge in [0.1, 0.15) is 0 Å². The maximum absolute atomic E-state index is 6.50. The third-order valence-corrected chi connectivity index (χ3v) is 4.54. The molecule has 1 aliphatic carbocycles. The molecule has 2 rings (SSSR count). The first-order chi connectivity index (χ1) is 7.91. The normalized spacial score (nSPS) is 29.6. The second-order valence-corrected chi connectivity index (χ2v) is 6.07. The summed E-state index contributed by atoms with van der Waals surface area (Å²) in [6, 6.07) is 0. The van der Waals surface area contributed by atoms with Crippen LogP contribution in [0.3, 0.4) is 0 Å². The lowest BCUT2D eigenvalue weighted by molar-refractivity contribution is 0.240. The molecule has 3 nitrogen and oxygen atoms in total. The molecule has 0 aromatic carbocycles. The Morgan fingerprint density at radius 1 is 1.47 bits per heavy atom. The SMILES string of the molecule is Cc1nn(C)c(CC2(N)CCC(C)CC2)c1Cl. The smallest absolute Gasteiger partial charge is 0.0847 e. The van der Waals surface area contributed by atoms with Gasteiger partial charge in [-0.2, -0.15) is 5.10 Å². The van der Waals surface area contributed by atoms with Crippen LogP contribution >= 0.6 is 11.6 Å². The zero-order valence-electron chi connectivity index (χ0n) is 11.0. The highest BCUT2D eigenvalue weighted by atomic mass is 35.5. The summed E-state index contributed by atoms with van der Waals surface area (Å²) in [5, 5.41) is 5.14. The molecular formula is C13H22ClN3. The maximum atomic E-state index is 6.50. The maximum Gasteiger partial charge on any atom is 0.0847 e. The highest BCUT2D eigenvalue weighted by Crippen LogP contribution is 2.34. The van der Waals surface area contributed by atoms with Crippen LogP contribution < -0.4 is 5.73 Å². The fraction of sp³-hybridized carbons (Fsp3) is 0.769. The fourth-order valence-electron chi connectivity index (χ4n) is 2.72. The van der Waals surface area contributed by atoms with Gasteiger partial charge in [-0.25, -0.2) is 0 Å². The van der Waals surface area contributed by atoms with E-state index in [4.69, 9.17) is 17.3 Å². The van der Waals surface area contributed by atoms with E-state index in [0.29, 0.717) is 0 Å². The number of hydrogen-bond donors (Lipinski definition) is 1. The lowest BCUT2D eigenvalue weighted by Crippen LogP contribution is -2.45. The molecule has 2 N–H and O–H groups in total. The van der Waals surface area contributed by atoms with Crippen LogP contribution in [0.4, 0.5) is 0 Å². The number of nitrogens with zero attached hydrogens (tertiary/aromatic N) is 2. The van der Waals surface area contributed by atoms with Gasteiger partial charge < -0.3 is 5.73 Å². The largest absolute Gasteiger partial charge is 0.325 e. The summed E-state index contributed by atoms with van der Waals surface area (Å²) in [4.78, 5) is 0. The molecule has 0 amide bonds. The van der Waals surface area contributed by atoms with Gasteiger partial charge in [-0.05, 0) is 38.5 Å². The Kier molecular flexibility index (Phi) is 3.50. The van der Waals surface area contributed by atoms with Crippen molar-refractivity contribution < 1.29 is 0 Å².